The van der Waals surface area contributed by atoms with Crippen LogP contribution in [0, 0.1) is 33.1 Å². The summed E-state index contributed by atoms with van der Waals surface area (Å²) in [5.74, 6) is 1.61. The van der Waals surface area contributed by atoms with Crippen LogP contribution in [-0.2, 0) is 35.2 Å². The van der Waals surface area contributed by atoms with Gasteiger partial charge in [-0.2, -0.15) is 0 Å². The summed E-state index contributed by atoms with van der Waals surface area (Å²) in [5.41, 5.74) is 6.73. The minimum absolute atomic E-state index is 0.0757. The van der Waals surface area contributed by atoms with Gasteiger partial charge in [-0.15, -0.1) is 21.5 Å². The smallest absolute Gasteiger partial charge is 0.246 e. The highest BCUT2D eigenvalue weighted by Crippen LogP contribution is 2.40. The number of ether oxygens (including phenoxy) is 3. The van der Waals surface area contributed by atoms with E-state index in [1.165, 1.54) is 11.3 Å². The van der Waals surface area contributed by atoms with Crippen LogP contribution >= 0.6 is 22.9 Å². The van der Waals surface area contributed by atoms with E-state index in [0.29, 0.717) is 67.9 Å². The fraction of sp³-hybridized carbons (Fsp3) is 0.429. The van der Waals surface area contributed by atoms with Gasteiger partial charge in [-0.05, 0) is 93.8 Å². The van der Waals surface area contributed by atoms with Crippen molar-refractivity contribution in [2.45, 2.75) is 112 Å². The highest BCUT2D eigenvalue weighted by molar-refractivity contribution is 7.15. The Morgan fingerprint density at radius 1 is 0.867 bits per heavy atom. The van der Waals surface area contributed by atoms with Crippen LogP contribution in [0.3, 0.4) is 0 Å². The average Bonchev–Trinajstić information content (AvgIpc) is 4.19. The number of amides is 4. The second-order valence-electron chi connectivity index (χ2n) is 20.1. The molecule has 3 N–H and O–H groups in total. The molecule has 19 heteroatoms. The van der Waals surface area contributed by atoms with Crippen molar-refractivity contribution in [1.82, 2.24) is 40.6 Å². The maximum atomic E-state index is 14.0. The molecule has 0 aliphatic carbocycles. The Kier molecular flexibility index (Phi) is 17.7. The summed E-state index contributed by atoms with van der Waals surface area (Å²) in [7, 11) is 0. The Labute approximate surface area is 446 Å². The number of carbonyl (C=O) groups excluding carboxylic acids is 4. The molecule has 1 saturated heterocycles. The normalized spacial score (nSPS) is 16.1. The van der Waals surface area contributed by atoms with Crippen LogP contribution in [0.2, 0.25) is 5.02 Å². The SMILES string of the molecule is Cc1ncoc1-c1ccc(CNC(=O)[C@@H]2CCCN2C(=O)C(NC(=O)COCCOCCCOc2ccc([C@@H](C)NC(=O)C[C@@H]3N=C(c4ccc(Cl)cc4)c4c(sc(C)c4C)-n4c(C)nnc43)cc2)C(C)(C)C)cc1. The number of oxazole rings is 1. The minimum Gasteiger partial charge on any atom is -0.494 e. The molecule has 3 aromatic heterocycles. The van der Waals surface area contributed by atoms with Crippen molar-refractivity contribution in [2.75, 3.05) is 39.6 Å². The molecule has 0 spiro atoms. The third-order valence-corrected chi connectivity index (χ3v) is 14.9. The second-order valence-corrected chi connectivity index (χ2v) is 21.7. The van der Waals surface area contributed by atoms with Gasteiger partial charge in [0.15, 0.2) is 18.0 Å². The zero-order valence-electron chi connectivity index (χ0n) is 43.8. The standard InChI is InChI=1S/C56H66ClN9O8S/c1-33-36(4)75-55-48(33)49(40-16-20-42(57)21-17-40)61-44(52-64-63-37(5)66(52)55)29-46(67)60-34(2)39-18-22-43(23-19-39)73-26-10-25-71-27-28-72-31-47(68)62-51(56(6,7)8)54(70)65-24-9-11-45(65)53(69)58-30-38-12-14-41(15-13-38)50-35(3)59-32-74-50/h12-23,32,34,44-45,51H,9-11,24-31H2,1-8H3,(H,58,69)(H,60,67)(H,62,68)/t34-,44+,45+,51?/m1/s1. The van der Waals surface area contributed by atoms with Crippen LogP contribution in [0.15, 0.2) is 88.6 Å². The summed E-state index contributed by atoms with van der Waals surface area (Å²) in [6.45, 7) is 17.4. The van der Waals surface area contributed by atoms with E-state index in [1.807, 2.05) is 119 Å². The molecule has 396 valence electrons. The van der Waals surface area contributed by atoms with Gasteiger partial charge in [-0.3, -0.25) is 28.7 Å². The van der Waals surface area contributed by atoms with Gasteiger partial charge in [0.2, 0.25) is 23.6 Å². The van der Waals surface area contributed by atoms with Crippen LogP contribution in [0.1, 0.15) is 115 Å². The monoisotopic (exact) mass is 1060 g/mol. The first-order valence-electron chi connectivity index (χ1n) is 25.4. The zero-order valence-corrected chi connectivity index (χ0v) is 45.4. The maximum absolute atomic E-state index is 14.0. The van der Waals surface area contributed by atoms with Gasteiger partial charge in [0.1, 0.15) is 41.3 Å². The van der Waals surface area contributed by atoms with Gasteiger partial charge in [0, 0.05) is 52.7 Å². The number of halogens is 1. The predicted octanol–water partition coefficient (Wildman–Crippen LogP) is 8.67. The topological polar surface area (TPSA) is 204 Å². The lowest BCUT2D eigenvalue weighted by molar-refractivity contribution is -0.144. The number of benzene rings is 3. The number of nitrogens with one attached hydrogen (secondary N) is 3. The average molecular weight is 1060 g/mol. The van der Waals surface area contributed by atoms with E-state index in [2.05, 4.69) is 45.0 Å². The van der Waals surface area contributed by atoms with Crippen molar-refractivity contribution in [3.05, 3.63) is 134 Å². The zero-order chi connectivity index (χ0) is 53.4. The Bertz CT molecular complexity index is 3000. The van der Waals surface area contributed by atoms with Gasteiger partial charge >= 0.3 is 0 Å². The number of rotatable bonds is 21. The van der Waals surface area contributed by atoms with E-state index in [4.69, 9.17) is 35.2 Å². The number of fused-ring (bicyclic) bond motifs is 3. The van der Waals surface area contributed by atoms with Crippen molar-refractivity contribution >= 4 is 52.3 Å². The molecule has 1 fully saturated rings. The molecule has 0 radical (unpaired) electrons. The van der Waals surface area contributed by atoms with Crippen LogP contribution in [0.4, 0.5) is 0 Å². The first kappa shape index (κ1) is 54.5. The van der Waals surface area contributed by atoms with Crippen molar-refractivity contribution in [2.24, 2.45) is 10.4 Å². The number of thiophene rings is 1. The maximum Gasteiger partial charge on any atom is 0.246 e. The first-order valence-corrected chi connectivity index (χ1v) is 26.6. The fourth-order valence-corrected chi connectivity index (χ4v) is 10.6. The lowest BCUT2D eigenvalue weighted by Gasteiger charge is -2.35. The lowest BCUT2D eigenvalue weighted by Crippen LogP contribution is -2.58. The number of aliphatic imine (C=N–C) groups is 1. The fourth-order valence-electron chi connectivity index (χ4n) is 9.26. The Morgan fingerprint density at radius 3 is 2.29 bits per heavy atom. The third-order valence-electron chi connectivity index (χ3n) is 13.5. The summed E-state index contributed by atoms with van der Waals surface area (Å²) in [4.78, 5) is 66.3. The molecule has 6 aromatic rings. The van der Waals surface area contributed by atoms with E-state index < -0.39 is 29.4 Å². The van der Waals surface area contributed by atoms with E-state index in [1.54, 1.807) is 16.2 Å². The van der Waals surface area contributed by atoms with E-state index in [9.17, 15) is 19.2 Å². The Morgan fingerprint density at radius 2 is 1.59 bits per heavy atom. The molecule has 1 unspecified atom stereocenters. The van der Waals surface area contributed by atoms with Crippen molar-refractivity contribution in [1.29, 1.82) is 0 Å². The number of likely N-dealkylation sites (tertiary alicyclic amines) is 1. The van der Waals surface area contributed by atoms with Crippen LogP contribution in [-0.4, -0.2) is 106 Å². The van der Waals surface area contributed by atoms with E-state index >= 15 is 0 Å². The Hall–Kier alpha value is -6.73. The highest BCUT2D eigenvalue weighted by Gasteiger charge is 2.42. The van der Waals surface area contributed by atoms with Gasteiger partial charge in [-0.1, -0.05) is 80.9 Å². The summed E-state index contributed by atoms with van der Waals surface area (Å²) in [6.07, 6.45) is 3.33. The van der Waals surface area contributed by atoms with E-state index in [0.717, 1.165) is 55.6 Å². The Balaban J connectivity index is 0.728. The molecule has 75 heavy (non-hydrogen) atoms. The molecule has 3 aromatic carbocycles. The molecule has 5 heterocycles. The summed E-state index contributed by atoms with van der Waals surface area (Å²) < 4.78 is 24.8. The number of carbonyl (C=O) groups is 4. The summed E-state index contributed by atoms with van der Waals surface area (Å²) in [6, 6.07) is 20.6. The van der Waals surface area contributed by atoms with Crippen molar-refractivity contribution in [3.63, 3.8) is 0 Å². The quantitative estimate of drug-likeness (QED) is 0.0582. The molecule has 8 rings (SSSR count). The molecule has 2 aliphatic rings. The van der Waals surface area contributed by atoms with E-state index in [-0.39, 0.29) is 50.0 Å². The lowest BCUT2D eigenvalue weighted by atomic mass is 9.85. The van der Waals surface area contributed by atoms with Crippen LogP contribution < -0.4 is 20.7 Å². The second kappa shape index (κ2) is 24.3. The largest absolute Gasteiger partial charge is 0.494 e. The van der Waals surface area contributed by atoms with Gasteiger partial charge in [0.05, 0.1) is 43.7 Å². The molecular weight excluding hydrogens is 994 g/mol. The van der Waals surface area contributed by atoms with Crippen molar-refractivity contribution in [3.8, 4) is 22.1 Å². The molecule has 4 amide bonds. The molecule has 4 atom stereocenters. The molecule has 0 saturated carbocycles. The third kappa shape index (κ3) is 13.2. The number of aryl methyl sites for hydroxylation is 3. The molecule has 17 nitrogen and oxygen atoms in total. The molecule has 2 aliphatic heterocycles. The van der Waals surface area contributed by atoms with Crippen LogP contribution in [0.25, 0.3) is 16.3 Å². The number of hydrogen-bond donors (Lipinski definition) is 3. The summed E-state index contributed by atoms with van der Waals surface area (Å²) >= 11 is 7.94. The number of nitrogens with zero attached hydrogens (tertiary/aromatic N) is 6. The predicted molar refractivity (Wildman–Crippen MR) is 287 cm³/mol. The minimum atomic E-state index is -0.862. The first-order chi connectivity index (χ1) is 36.0. The van der Waals surface area contributed by atoms with Gasteiger partial charge < -0.3 is 39.5 Å². The van der Waals surface area contributed by atoms with Crippen LogP contribution in [0.5, 0.6) is 5.75 Å². The molecule has 0 bridgehead atoms. The van der Waals surface area contributed by atoms with Gasteiger partial charge in [-0.25, -0.2) is 4.98 Å². The number of hydrogen-bond acceptors (Lipinski definition) is 13. The summed E-state index contributed by atoms with van der Waals surface area (Å²) in [5, 5.41) is 19.6. The van der Waals surface area contributed by atoms with Crippen molar-refractivity contribution < 1.29 is 37.8 Å². The number of aromatic nitrogens is 4. The molecular formula is C56H66ClN9O8S. The highest BCUT2D eigenvalue weighted by atomic mass is 35.5. The van der Waals surface area contributed by atoms with Gasteiger partial charge in [0.25, 0.3) is 0 Å².